The highest BCUT2D eigenvalue weighted by atomic mass is 16.5. The molecule has 0 saturated heterocycles. The van der Waals surface area contributed by atoms with E-state index < -0.39 is 0 Å². The van der Waals surface area contributed by atoms with Crippen LogP contribution in [-0.2, 0) is 11.3 Å². The van der Waals surface area contributed by atoms with Crippen LogP contribution in [0.5, 0.6) is 0 Å². The molecule has 0 radical (unpaired) electrons. The van der Waals surface area contributed by atoms with Crippen molar-refractivity contribution in [1.82, 2.24) is 15.6 Å². The first-order chi connectivity index (χ1) is 11.8. The number of aromatic nitrogens is 1. The monoisotopic (exact) mass is 330 g/mol. The predicted molar refractivity (Wildman–Crippen MR) is 95.9 cm³/mol. The zero-order valence-corrected chi connectivity index (χ0v) is 14.4. The molecule has 1 heterocycles. The first-order valence-electron chi connectivity index (χ1n) is 8.26. The van der Waals surface area contributed by atoms with Crippen LogP contribution in [0.2, 0.25) is 0 Å². The Morgan fingerprint density at radius 1 is 1.17 bits per heavy atom. The molecule has 24 heavy (non-hydrogen) atoms. The molecule has 2 aromatic rings. The lowest BCUT2D eigenvalue weighted by molar-refractivity contribution is 0.192. The first-order valence-corrected chi connectivity index (χ1v) is 8.26. The fourth-order valence-electron chi connectivity index (χ4n) is 2.25. The molecule has 0 aliphatic heterocycles. The van der Waals surface area contributed by atoms with Gasteiger partial charge in [-0.25, -0.2) is 4.98 Å². The van der Waals surface area contributed by atoms with Gasteiger partial charge in [0.15, 0.2) is 5.96 Å². The van der Waals surface area contributed by atoms with Crippen LogP contribution in [0.15, 0.2) is 46.0 Å². The van der Waals surface area contributed by atoms with E-state index in [0.717, 1.165) is 49.6 Å². The Labute approximate surface area is 143 Å². The van der Waals surface area contributed by atoms with Crippen LogP contribution >= 0.6 is 0 Å². The standard InChI is InChI=1S/C18H26N4O2/c1-19-18(20-11-7-4-8-12-23-2)21-13-16-14-24-17(22-16)15-9-5-3-6-10-15/h3,5-6,9-10,14H,4,7-8,11-13H2,1-2H3,(H2,19,20,21). The van der Waals surface area contributed by atoms with Crippen molar-refractivity contribution < 1.29 is 9.15 Å². The minimum absolute atomic E-state index is 0.569. The van der Waals surface area contributed by atoms with Gasteiger partial charge in [0.05, 0.1) is 12.2 Å². The van der Waals surface area contributed by atoms with E-state index in [1.165, 1.54) is 0 Å². The zero-order chi connectivity index (χ0) is 17.0. The summed E-state index contributed by atoms with van der Waals surface area (Å²) in [4.78, 5) is 8.70. The number of oxazole rings is 1. The van der Waals surface area contributed by atoms with Crippen LogP contribution in [0.1, 0.15) is 25.0 Å². The highest BCUT2D eigenvalue weighted by Gasteiger charge is 2.06. The fraction of sp³-hybridized carbons (Fsp3) is 0.444. The van der Waals surface area contributed by atoms with Gasteiger partial charge in [0.2, 0.25) is 5.89 Å². The summed E-state index contributed by atoms with van der Waals surface area (Å²) in [6.45, 7) is 2.28. The number of methoxy groups -OCH3 is 1. The Balaban J connectivity index is 1.72. The van der Waals surface area contributed by atoms with Gasteiger partial charge in [-0.2, -0.15) is 0 Å². The number of benzene rings is 1. The predicted octanol–water partition coefficient (Wildman–Crippen LogP) is 2.82. The largest absolute Gasteiger partial charge is 0.444 e. The van der Waals surface area contributed by atoms with E-state index >= 15 is 0 Å². The summed E-state index contributed by atoms with van der Waals surface area (Å²) in [7, 11) is 3.50. The molecule has 0 bridgehead atoms. The molecule has 1 aromatic heterocycles. The Kier molecular flexibility index (Phi) is 7.83. The second-order valence-electron chi connectivity index (χ2n) is 5.42. The summed E-state index contributed by atoms with van der Waals surface area (Å²) in [6, 6.07) is 9.87. The maximum atomic E-state index is 5.53. The number of aliphatic imine (C=N–C) groups is 1. The van der Waals surface area contributed by atoms with E-state index in [0.29, 0.717) is 12.4 Å². The van der Waals surface area contributed by atoms with Crippen LogP contribution < -0.4 is 10.6 Å². The Morgan fingerprint density at radius 2 is 2.00 bits per heavy atom. The van der Waals surface area contributed by atoms with Crippen LogP contribution in [0.25, 0.3) is 11.5 Å². The van der Waals surface area contributed by atoms with Gasteiger partial charge in [0.1, 0.15) is 6.26 Å². The highest BCUT2D eigenvalue weighted by molar-refractivity contribution is 5.79. The number of rotatable bonds is 9. The molecule has 6 nitrogen and oxygen atoms in total. The number of guanidine groups is 1. The summed E-state index contributed by atoms with van der Waals surface area (Å²) in [6.07, 6.45) is 4.99. The van der Waals surface area contributed by atoms with Crippen LogP contribution in [0.4, 0.5) is 0 Å². The van der Waals surface area contributed by atoms with E-state index in [2.05, 4.69) is 20.6 Å². The lowest BCUT2D eigenvalue weighted by Gasteiger charge is -2.10. The number of unbranched alkanes of at least 4 members (excludes halogenated alkanes) is 2. The van der Waals surface area contributed by atoms with Crippen LogP contribution in [0, 0.1) is 0 Å². The van der Waals surface area contributed by atoms with Gasteiger partial charge >= 0.3 is 0 Å². The van der Waals surface area contributed by atoms with Gasteiger partial charge in [-0.1, -0.05) is 18.2 Å². The van der Waals surface area contributed by atoms with E-state index in [1.807, 2.05) is 30.3 Å². The van der Waals surface area contributed by atoms with Gasteiger partial charge in [0.25, 0.3) is 0 Å². The van der Waals surface area contributed by atoms with Crippen molar-refractivity contribution in [2.45, 2.75) is 25.8 Å². The van der Waals surface area contributed by atoms with Crippen molar-refractivity contribution in [3.8, 4) is 11.5 Å². The molecule has 2 N–H and O–H groups in total. The number of nitrogens with zero attached hydrogens (tertiary/aromatic N) is 2. The van der Waals surface area contributed by atoms with Crippen molar-refractivity contribution in [3.05, 3.63) is 42.3 Å². The topological polar surface area (TPSA) is 71.7 Å². The molecule has 6 heteroatoms. The smallest absolute Gasteiger partial charge is 0.226 e. The second-order valence-corrected chi connectivity index (χ2v) is 5.42. The molecule has 0 unspecified atom stereocenters. The summed E-state index contributed by atoms with van der Waals surface area (Å²) in [5.41, 5.74) is 1.82. The fourth-order valence-corrected chi connectivity index (χ4v) is 2.25. The molecule has 2 rings (SSSR count). The molecule has 0 aliphatic carbocycles. The second kappa shape index (κ2) is 10.4. The van der Waals surface area contributed by atoms with Gasteiger partial charge in [-0.3, -0.25) is 4.99 Å². The number of hydrogen-bond acceptors (Lipinski definition) is 4. The van der Waals surface area contributed by atoms with Crippen molar-refractivity contribution in [2.75, 3.05) is 27.3 Å². The highest BCUT2D eigenvalue weighted by Crippen LogP contribution is 2.17. The summed E-state index contributed by atoms with van der Waals surface area (Å²) < 4.78 is 10.6. The van der Waals surface area contributed by atoms with E-state index in [1.54, 1.807) is 20.4 Å². The molecule has 0 amide bonds. The van der Waals surface area contributed by atoms with Gasteiger partial charge in [0, 0.05) is 32.9 Å². The molecule has 0 spiro atoms. The molecule has 0 atom stereocenters. The molecule has 0 aliphatic rings. The van der Waals surface area contributed by atoms with E-state index in [4.69, 9.17) is 9.15 Å². The Bertz CT molecular complexity index is 610. The van der Waals surface area contributed by atoms with E-state index in [9.17, 15) is 0 Å². The number of ether oxygens (including phenoxy) is 1. The number of hydrogen-bond donors (Lipinski definition) is 2. The zero-order valence-electron chi connectivity index (χ0n) is 14.4. The molecule has 1 aromatic carbocycles. The minimum Gasteiger partial charge on any atom is -0.444 e. The van der Waals surface area contributed by atoms with Crippen LogP contribution in [-0.4, -0.2) is 38.3 Å². The lowest BCUT2D eigenvalue weighted by Crippen LogP contribution is -2.37. The van der Waals surface area contributed by atoms with Gasteiger partial charge < -0.3 is 19.8 Å². The maximum absolute atomic E-state index is 5.53. The summed E-state index contributed by atoms with van der Waals surface area (Å²) >= 11 is 0. The summed E-state index contributed by atoms with van der Waals surface area (Å²) in [5, 5.41) is 6.54. The van der Waals surface area contributed by atoms with Crippen molar-refractivity contribution in [3.63, 3.8) is 0 Å². The molecule has 130 valence electrons. The van der Waals surface area contributed by atoms with Crippen LogP contribution in [0.3, 0.4) is 0 Å². The van der Waals surface area contributed by atoms with Crippen molar-refractivity contribution in [1.29, 1.82) is 0 Å². The van der Waals surface area contributed by atoms with Gasteiger partial charge in [-0.15, -0.1) is 0 Å². The van der Waals surface area contributed by atoms with Gasteiger partial charge in [-0.05, 0) is 31.4 Å². The van der Waals surface area contributed by atoms with E-state index in [-0.39, 0.29) is 0 Å². The average molecular weight is 330 g/mol. The quantitative estimate of drug-likeness (QED) is 0.420. The summed E-state index contributed by atoms with van der Waals surface area (Å²) in [5.74, 6) is 1.40. The van der Waals surface area contributed by atoms with Crippen molar-refractivity contribution >= 4 is 5.96 Å². The first kappa shape index (κ1) is 18.0. The third-order valence-electron chi connectivity index (χ3n) is 3.55. The Hall–Kier alpha value is -2.34. The minimum atomic E-state index is 0.569. The normalized spacial score (nSPS) is 11.5. The molecular weight excluding hydrogens is 304 g/mol. The average Bonchev–Trinajstić information content (AvgIpc) is 3.10. The molecule has 0 fully saturated rings. The molecule has 0 saturated carbocycles. The third kappa shape index (κ3) is 6.04. The lowest BCUT2D eigenvalue weighted by atomic mass is 10.2. The van der Waals surface area contributed by atoms with Crippen molar-refractivity contribution in [2.24, 2.45) is 4.99 Å². The SMILES string of the molecule is CN=C(NCCCCCOC)NCc1coc(-c2ccccc2)n1. The molecular formula is C18H26N4O2. The third-order valence-corrected chi connectivity index (χ3v) is 3.55. The maximum Gasteiger partial charge on any atom is 0.226 e. The Morgan fingerprint density at radius 3 is 2.75 bits per heavy atom. The number of nitrogens with one attached hydrogen (secondary N) is 2.